The Balaban J connectivity index is 1.91. The summed E-state index contributed by atoms with van der Waals surface area (Å²) in [6.07, 6.45) is 2.52. The van der Waals surface area contributed by atoms with Gasteiger partial charge in [0, 0.05) is 12.1 Å². The first-order valence-electron chi connectivity index (χ1n) is 4.43. The fourth-order valence-electron chi connectivity index (χ4n) is 1.17. The van der Waals surface area contributed by atoms with Gasteiger partial charge in [-0.15, -0.1) is 0 Å². The quantitative estimate of drug-likeness (QED) is 0.841. The van der Waals surface area contributed by atoms with Crippen molar-refractivity contribution in [2.75, 3.05) is 13.2 Å². The summed E-state index contributed by atoms with van der Waals surface area (Å²) >= 11 is 3.05. The van der Waals surface area contributed by atoms with Crippen molar-refractivity contribution in [1.29, 1.82) is 0 Å². The number of nitrogens with one attached hydrogen (secondary N) is 1. The van der Waals surface area contributed by atoms with Gasteiger partial charge in [0.15, 0.2) is 0 Å². The van der Waals surface area contributed by atoms with Crippen LogP contribution in [0.15, 0.2) is 16.7 Å². The van der Waals surface area contributed by atoms with E-state index in [4.69, 9.17) is 4.74 Å². The van der Waals surface area contributed by atoms with Crippen molar-refractivity contribution < 1.29 is 9.13 Å². The molecule has 0 aliphatic carbocycles. The average Bonchev–Trinajstić information content (AvgIpc) is 2.08. The Labute approximate surface area is 89.8 Å². The van der Waals surface area contributed by atoms with Crippen LogP contribution < -0.4 is 10.1 Å². The number of nitrogens with zero attached hydrogens (tertiary/aromatic N) is 1. The smallest absolute Gasteiger partial charge is 0.227 e. The van der Waals surface area contributed by atoms with Gasteiger partial charge in [-0.2, -0.15) is 4.39 Å². The fourth-order valence-corrected chi connectivity index (χ4v) is 1.50. The van der Waals surface area contributed by atoms with E-state index in [0.29, 0.717) is 22.9 Å². The molecule has 76 valence electrons. The highest BCUT2D eigenvalue weighted by Gasteiger charge is 2.16. The second-order valence-corrected chi connectivity index (χ2v) is 4.05. The molecule has 1 atom stereocenters. The van der Waals surface area contributed by atoms with E-state index in [1.165, 1.54) is 6.20 Å². The van der Waals surface area contributed by atoms with Crippen molar-refractivity contribution in [3.05, 3.63) is 22.7 Å². The van der Waals surface area contributed by atoms with Crippen LogP contribution in [0.25, 0.3) is 0 Å². The SMILES string of the molecule is Fc1ncc(OC[C@@H]2CCN2)cc1Br. The lowest BCUT2D eigenvalue weighted by atomic mass is 10.1. The molecule has 2 rings (SSSR count). The van der Waals surface area contributed by atoms with E-state index in [9.17, 15) is 4.39 Å². The van der Waals surface area contributed by atoms with Crippen molar-refractivity contribution in [3.8, 4) is 5.75 Å². The first-order chi connectivity index (χ1) is 6.75. The van der Waals surface area contributed by atoms with E-state index in [2.05, 4.69) is 26.2 Å². The minimum Gasteiger partial charge on any atom is -0.490 e. The van der Waals surface area contributed by atoms with E-state index in [1.54, 1.807) is 6.07 Å². The Morgan fingerprint density at radius 3 is 3.07 bits per heavy atom. The van der Waals surface area contributed by atoms with Crippen LogP contribution in [-0.2, 0) is 0 Å². The fraction of sp³-hybridized carbons (Fsp3) is 0.444. The molecule has 0 aromatic carbocycles. The van der Waals surface area contributed by atoms with Crippen LogP contribution >= 0.6 is 15.9 Å². The van der Waals surface area contributed by atoms with Gasteiger partial charge in [0.25, 0.3) is 0 Å². The molecule has 2 heterocycles. The Morgan fingerprint density at radius 2 is 2.50 bits per heavy atom. The highest BCUT2D eigenvalue weighted by molar-refractivity contribution is 9.10. The number of aromatic nitrogens is 1. The van der Waals surface area contributed by atoms with E-state index < -0.39 is 5.95 Å². The maximum Gasteiger partial charge on any atom is 0.227 e. The van der Waals surface area contributed by atoms with Crippen LogP contribution in [0.4, 0.5) is 4.39 Å². The lowest BCUT2D eigenvalue weighted by Crippen LogP contribution is -2.46. The van der Waals surface area contributed by atoms with Crippen molar-refractivity contribution in [2.24, 2.45) is 0 Å². The van der Waals surface area contributed by atoms with Crippen molar-refractivity contribution >= 4 is 15.9 Å². The number of rotatable bonds is 3. The second kappa shape index (κ2) is 4.23. The van der Waals surface area contributed by atoms with E-state index >= 15 is 0 Å². The molecule has 0 spiro atoms. The van der Waals surface area contributed by atoms with Gasteiger partial charge < -0.3 is 10.1 Å². The summed E-state index contributed by atoms with van der Waals surface area (Å²) in [6.45, 7) is 1.67. The van der Waals surface area contributed by atoms with E-state index in [0.717, 1.165) is 13.0 Å². The largest absolute Gasteiger partial charge is 0.490 e. The summed E-state index contributed by atoms with van der Waals surface area (Å²) in [5.41, 5.74) is 0. The van der Waals surface area contributed by atoms with Gasteiger partial charge in [-0.3, -0.25) is 0 Å². The predicted molar refractivity (Wildman–Crippen MR) is 53.8 cm³/mol. The third kappa shape index (κ3) is 2.22. The van der Waals surface area contributed by atoms with Gasteiger partial charge in [0.1, 0.15) is 12.4 Å². The molecule has 1 aromatic rings. The summed E-state index contributed by atoms with van der Waals surface area (Å²) in [7, 11) is 0. The zero-order valence-corrected chi connectivity index (χ0v) is 9.05. The highest BCUT2D eigenvalue weighted by Crippen LogP contribution is 2.19. The molecule has 0 unspecified atom stereocenters. The summed E-state index contributed by atoms with van der Waals surface area (Å²) < 4.78 is 18.5. The average molecular weight is 261 g/mol. The van der Waals surface area contributed by atoms with Gasteiger partial charge in [-0.1, -0.05) is 0 Å². The van der Waals surface area contributed by atoms with Gasteiger partial charge in [-0.05, 0) is 28.9 Å². The Morgan fingerprint density at radius 1 is 1.71 bits per heavy atom. The molecule has 1 saturated heterocycles. The summed E-state index contributed by atoms with van der Waals surface area (Å²) in [4.78, 5) is 3.54. The number of hydrogen-bond acceptors (Lipinski definition) is 3. The minimum atomic E-state index is -0.515. The Hall–Kier alpha value is -0.680. The maximum atomic E-state index is 12.7. The number of halogens is 2. The topological polar surface area (TPSA) is 34.1 Å². The van der Waals surface area contributed by atoms with Crippen LogP contribution in [0.5, 0.6) is 5.75 Å². The molecule has 0 amide bonds. The molecule has 1 fully saturated rings. The molecule has 14 heavy (non-hydrogen) atoms. The van der Waals surface area contributed by atoms with Gasteiger partial charge in [0.2, 0.25) is 5.95 Å². The number of hydrogen-bond donors (Lipinski definition) is 1. The summed E-state index contributed by atoms with van der Waals surface area (Å²) in [5, 5.41) is 3.21. The first kappa shape index (κ1) is 9.86. The van der Waals surface area contributed by atoms with Crippen LogP contribution in [0.2, 0.25) is 0 Å². The standard InChI is InChI=1S/C9H10BrFN2O/c10-8-3-7(4-13-9(8)11)14-5-6-1-2-12-6/h3-4,6,12H,1-2,5H2/t6-/m0/s1. The molecule has 0 radical (unpaired) electrons. The maximum absolute atomic E-state index is 12.7. The van der Waals surface area contributed by atoms with Gasteiger partial charge in [0.05, 0.1) is 10.7 Å². The molecule has 1 aliphatic rings. The molecular formula is C9H10BrFN2O. The number of pyridine rings is 1. The Bertz CT molecular complexity index is 331. The molecule has 3 nitrogen and oxygen atoms in total. The normalized spacial score (nSPS) is 20.3. The van der Waals surface area contributed by atoms with Crippen LogP contribution in [0.3, 0.4) is 0 Å². The number of ether oxygens (including phenoxy) is 1. The highest BCUT2D eigenvalue weighted by atomic mass is 79.9. The van der Waals surface area contributed by atoms with E-state index in [1.807, 2.05) is 0 Å². The van der Waals surface area contributed by atoms with Crippen LogP contribution in [0, 0.1) is 5.95 Å². The lowest BCUT2D eigenvalue weighted by Gasteiger charge is -2.27. The molecule has 0 saturated carbocycles. The third-order valence-corrected chi connectivity index (χ3v) is 2.70. The third-order valence-electron chi connectivity index (χ3n) is 2.15. The first-order valence-corrected chi connectivity index (χ1v) is 5.22. The molecule has 1 aromatic heterocycles. The van der Waals surface area contributed by atoms with Crippen molar-refractivity contribution in [2.45, 2.75) is 12.5 Å². The lowest BCUT2D eigenvalue weighted by molar-refractivity contribution is 0.216. The van der Waals surface area contributed by atoms with Crippen molar-refractivity contribution in [3.63, 3.8) is 0 Å². The minimum absolute atomic E-state index is 0.330. The predicted octanol–water partition coefficient (Wildman–Crippen LogP) is 1.72. The van der Waals surface area contributed by atoms with Gasteiger partial charge in [-0.25, -0.2) is 4.98 Å². The van der Waals surface area contributed by atoms with Crippen molar-refractivity contribution in [1.82, 2.24) is 10.3 Å². The Kier molecular flexibility index (Phi) is 2.98. The molecule has 0 bridgehead atoms. The second-order valence-electron chi connectivity index (χ2n) is 3.19. The molecule has 1 N–H and O–H groups in total. The van der Waals surface area contributed by atoms with Crippen LogP contribution in [-0.4, -0.2) is 24.2 Å². The summed E-state index contributed by atoms with van der Waals surface area (Å²) in [5.74, 6) is 0.0751. The molecule has 5 heteroatoms. The zero-order chi connectivity index (χ0) is 9.97. The molecular weight excluding hydrogens is 251 g/mol. The summed E-state index contributed by atoms with van der Waals surface area (Å²) in [6, 6.07) is 2.01. The zero-order valence-electron chi connectivity index (χ0n) is 7.46. The van der Waals surface area contributed by atoms with Crippen LogP contribution in [0.1, 0.15) is 6.42 Å². The monoisotopic (exact) mass is 260 g/mol. The van der Waals surface area contributed by atoms with Gasteiger partial charge >= 0.3 is 0 Å². The van der Waals surface area contributed by atoms with E-state index in [-0.39, 0.29) is 0 Å². The molecule has 1 aliphatic heterocycles.